The number of piperidine rings is 1. The number of hydrogen-bond donors (Lipinski definition) is 4. The van der Waals surface area contributed by atoms with Crippen LogP contribution in [-0.4, -0.2) is 51.7 Å². The molecular formula is C20H25N9O. The van der Waals surface area contributed by atoms with Crippen LogP contribution in [0.3, 0.4) is 0 Å². The third-order valence-corrected chi connectivity index (χ3v) is 5.78. The highest BCUT2D eigenvalue weighted by molar-refractivity contribution is 5.97. The minimum Gasteiger partial charge on any atom is -0.380 e. The lowest BCUT2D eigenvalue weighted by Crippen LogP contribution is -2.51. The van der Waals surface area contributed by atoms with Crippen LogP contribution in [0.2, 0.25) is 0 Å². The van der Waals surface area contributed by atoms with E-state index < -0.39 is 0 Å². The second kappa shape index (κ2) is 9.00. The predicted molar refractivity (Wildman–Crippen MR) is 111 cm³/mol. The Morgan fingerprint density at radius 2 is 2.07 bits per heavy atom. The lowest BCUT2D eigenvalue weighted by atomic mass is 9.76. The fourth-order valence-corrected chi connectivity index (χ4v) is 4.36. The van der Waals surface area contributed by atoms with E-state index in [1.807, 2.05) is 6.07 Å². The van der Waals surface area contributed by atoms with Crippen LogP contribution in [0.25, 0.3) is 0 Å². The Morgan fingerprint density at radius 1 is 1.17 bits per heavy atom. The van der Waals surface area contributed by atoms with Crippen molar-refractivity contribution in [1.29, 1.82) is 5.26 Å². The van der Waals surface area contributed by atoms with Crippen LogP contribution in [-0.2, 0) is 0 Å². The van der Waals surface area contributed by atoms with E-state index in [0.717, 1.165) is 19.4 Å². The summed E-state index contributed by atoms with van der Waals surface area (Å²) in [5.74, 6) is 1.12. The van der Waals surface area contributed by atoms with Gasteiger partial charge in [-0.1, -0.05) is 0 Å². The molecule has 0 spiro atoms. The van der Waals surface area contributed by atoms with Crippen LogP contribution in [0.4, 0.5) is 17.3 Å². The molecule has 0 aromatic carbocycles. The fraction of sp³-hybridized carbons (Fsp3) is 0.500. The average Bonchev–Trinajstić information content (AvgIpc) is 2.79. The summed E-state index contributed by atoms with van der Waals surface area (Å²) in [7, 11) is 1.58. The van der Waals surface area contributed by atoms with Crippen molar-refractivity contribution < 1.29 is 4.79 Å². The van der Waals surface area contributed by atoms with E-state index in [4.69, 9.17) is 5.26 Å². The molecule has 156 valence electrons. The van der Waals surface area contributed by atoms with E-state index in [1.54, 1.807) is 13.1 Å². The molecule has 4 rings (SSSR count). The van der Waals surface area contributed by atoms with Crippen LogP contribution < -0.4 is 21.3 Å². The summed E-state index contributed by atoms with van der Waals surface area (Å²) in [5, 5.41) is 30.0. The molecule has 2 aromatic rings. The van der Waals surface area contributed by atoms with Crippen molar-refractivity contribution in [3.8, 4) is 6.07 Å². The number of nitriles is 1. The summed E-state index contributed by atoms with van der Waals surface area (Å²) in [6, 6.07) is 4.50. The molecule has 3 atom stereocenters. The van der Waals surface area contributed by atoms with Crippen molar-refractivity contribution in [2.24, 2.45) is 5.92 Å². The van der Waals surface area contributed by atoms with Crippen LogP contribution in [0.15, 0.2) is 18.5 Å². The Bertz CT molecular complexity index is 938. The van der Waals surface area contributed by atoms with Gasteiger partial charge in [-0.25, -0.2) is 9.97 Å². The molecule has 1 amide bonds. The molecule has 1 aliphatic carbocycles. The molecule has 3 unspecified atom stereocenters. The molecular weight excluding hydrogens is 382 g/mol. The first-order valence-electron chi connectivity index (χ1n) is 10.3. The van der Waals surface area contributed by atoms with Gasteiger partial charge in [0.1, 0.15) is 11.9 Å². The van der Waals surface area contributed by atoms with Crippen LogP contribution in [0.1, 0.15) is 48.3 Å². The number of fused-ring (bicyclic) bond motifs is 1. The minimum atomic E-state index is -0.288. The summed E-state index contributed by atoms with van der Waals surface area (Å²) >= 11 is 0. The van der Waals surface area contributed by atoms with Crippen LogP contribution in [0.5, 0.6) is 0 Å². The largest absolute Gasteiger partial charge is 0.380 e. The smallest absolute Gasteiger partial charge is 0.273 e. The van der Waals surface area contributed by atoms with Gasteiger partial charge in [0.05, 0.1) is 18.1 Å². The van der Waals surface area contributed by atoms with Gasteiger partial charge in [-0.3, -0.25) is 4.79 Å². The van der Waals surface area contributed by atoms with Crippen molar-refractivity contribution >= 4 is 23.2 Å². The van der Waals surface area contributed by atoms with Crippen molar-refractivity contribution in [3.63, 3.8) is 0 Å². The third-order valence-electron chi connectivity index (χ3n) is 5.78. The van der Waals surface area contributed by atoms with Gasteiger partial charge >= 0.3 is 0 Å². The molecule has 1 saturated carbocycles. The number of amides is 1. The van der Waals surface area contributed by atoms with E-state index in [0.29, 0.717) is 29.3 Å². The molecule has 4 N–H and O–H groups in total. The Morgan fingerprint density at radius 3 is 2.83 bits per heavy atom. The summed E-state index contributed by atoms with van der Waals surface area (Å²) in [6.45, 7) is 1.08. The van der Waals surface area contributed by atoms with Gasteiger partial charge < -0.3 is 21.3 Å². The van der Waals surface area contributed by atoms with Gasteiger partial charge in [0, 0.05) is 25.2 Å². The number of carbonyl (C=O) groups excluding carboxylic acids is 1. The minimum absolute atomic E-state index is 0.233. The van der Waals surface area contributed by atoms with E-state index in [9.17, 15) is 4.79 Å². The zero-order valence-electron chi connectivity index (χ0n) is 16.9. The van der Waals surface area contributed by atoms with Crippen molar-refractivity contribution in [1.82, 2.24) is 30.8 Å². The molecule has 2 aromatic heterocycles. The lowest BCUT2D eigenvalue weighted by Gasteiger charge is -2.42. The van der Waals surface area contributed by atoms with Gasteiger partial charge in [-0.05, 0) is 44.6 Å². The first-order chi connectivity index (χ1) is 14.7. The number of rotatable bonds is 5. The van der Waals surface area contributed by atoms with Crippen molar-refractivity contribution in [2.75, 3.05) is 24.2 Å². The number of aromatic nitrogens is 4. The molecule has 1 aliphatic heterocycles. The SMILES string of the molecule is CNC(=O)c1nnc(Nc2cnc(C#N)cn2)cc1NC1CCCC2NCCCC21. The molecule has 0 bridgehead atoms. The van der Waals surface area contributed by atoms with Gasteiger partial charge in [-0.15, -0.1) is 10.2 Å². The highest BCUT2D eigenvalue weighted by Gasteiger charge is 2.35. The first-order valence-corrected chi connectivity index (χ1v) is 10.3. The van der Waals surface area contributed by atoms with E-state index in [1.165, 1.54) is 31.7 Å². The molecule has 0 radical (unpaired) electrons. The monoisotopic (exact) mass is 407 g/mol. The Labute approximate surface area is 174 Å². The van der Waals surface area contributed by atoms with E-state index in [2.05, 4.69) is 41.4 Å². The molecule has 30 heavy (non-hydrogen) atoms. The van der Waals surface area contributed by atoms with Gasteiger partial charge in [0.15, 0.2) is 17.2 Å². The maximum absolute atomic E-state index is 12.4. The Hall–Kier alpha value is -3.32. The second-order valence-corrected chi connectivity index (χ2v) is 7.64. The fourth-order valence-electron chi connectivity index (χ4n) is 4.36. The second-order valence-electron chi connectivity index (χ2n) is 7.64. The number of carbonyl (C=O) groups is 1. The first kappa shape index (κ1) is 20.0. The maximum Gasteiger partial charge on any atom is 0.273 e. The molecule has 2 aliphatic rings. The van der Waals surface area contributed by atoms with Gasteiger partial charge in [-0.2, -0.15) is 5.26 Å². The lowest BCUT2D eigenvalue weighted by molar-refractivity contribution is 0.0958. The summed E-state index contributed by atoms with van der Waals surface area (Å²) in [5.41, 5.74) is 1.14. The average molecular weight is 407 g/mol. The number of hydrogen-bond acceptors (Lipinski definition) is 9. The quantitative estimate of drug-likeness (QED) is 0.581. The maximum atomic E-state index is 12.4. The molecule has 1 saturated heterocycles. The zero-order valence-corrected chi connectivity index (χ0v) is 16.9. The third kappa shape index (κ3) is 4.31. The van der Waals surface area contributed by atoms with Gasteiger partial charge in [0.25, 0.3) is 5.91 Å². The molecule has 2 fully saturated rings. The summed E-state index contributed by atoms with van der Waals surface area (Å²) in [4.78, 5) is 20.5. The molecule has 3 heterocycles. The molecule has 10 heteroatoms. The molecule has 10 nitrogen and oxygen atoms in total. The standard InChI is InChI=1S/C20H25N9O/c1-22-20(30)19-16(26-15-6-2-5-14-13(15)4-3-7-23-14)8-17(28-29-19)27-18-11-24-12(9-21)10-25-18/h8,10-11,13-15,23H,2-7H2,1H3,(H,22,30)(H2,25,26,27,28). The normalized spacial score (nSPS) is 23.0. The van der Waals surface area contributed by atoms with Crippen LogP contribution >= 0.6 is 0 Å². The Kier molecular flexibility index (Phi) is 5.99. The van der Waals surface area contributed by atoms with Crippen LogP contribution in [0, 0.1) is 17.2 Å². The zero-order chi connectivity index (χ0) is 20.9. The number of anilines is 3. The highest BCUT2D eigenvalue weighted by Crippen LogP contribution is 2.33. The van der Waals surface area contributed by atoms with E-state index >= 15 is 0 Å². The van der Waals surface area contributed by atoms with Crippen molar-refractivity contribution in [2.45, 2.75) is 44.2 Å². The van der Waals surface area contributed by atoms with Crippen molar-refractivity contribution in [3.05, 3.63) is 29.8 Å². The highest BCUT2D eigenvalue weighted by atomic mass is 16.1. The van der Waals surface area contributed by atoms with E-state index in [-0.39, 0.29) is 23.3 Å². The summed E-state index contributed by atoms with van der Waals surface area (Å²) in [6.07, 6.45) is 8.58. The summed E-state index contributed by atoms with van der Waals surface area (Å²) < 4.78 is 0. The van der Waals surface area contributed by atoms with Gasteiger partial charge in [0.2, 0.25) is 0 Å². The predicted octanol–water partition coefficient (Wildman–Crippen LogP) is 1.57. The Balaban J connectivity index is 1.58. The number of nitrogens with zero attached hydrogens (tertiary/aromatic N) is 5. The number of nitrogens with one attached hydrogen (secondary N) is 4. The topological polar surface area (TPSA) is 141 Å².